The summed E-state index contributed by atoms with van der Waals surface area (Å²) in [5, 5.41) is 3.07. The van der Waals surface area contributed by atoms with E-state index in [1.165, 1.54) is 0 Å². The Balaban J connectivity index is 1.89. The highest BCUT2D eigenvalue weighted by Gasteiger charge is 2.32. The van der Waals surface area contributed by atoms with E-state index < -0.39 is 11.6 Å². The van der Waals surface area contributed by atoms with E-state index in [1.54, 1.807) is 4.90 Å². The predicted octanol–water partition coefficient (Wildman–Crippen LogP) is 4.93. The van der Waals surface area contributed by atoms with Crippen LogP contribution in [0.25, 0.3) is 0 Å². The molecule has 34 heavy (non-hydrogen) atoms. The second-order valence-electron chi connectivity index (χ2n) is 9.55. The normalized spacial score (nSPS) is 12.0. The van der Waals surface area contributed by atoms with Crippen molar-refractivity contribution in [3.63, 3.8) is 0 Å². The fraction of sp³-hybridized carbons (Fsp3) is 0.310. The first-order chi connectivity index (χ1) is 16.2. The van der Waals surface area contributed by atoms with Crippen LogP contribution in [0.2, 0.25) is 0 Å². The maximum absolute atomic E-state index is 13.5. The van der Waals surface area contributed by atoms with Gasteiger partial charge in [-0.15, -0.1) is 0 Å². The third-order valence-corrected chi connectivity index (χ3v) is 5.35. The molecule has 0 saturated heterocycles. The number of carbonyl (C=O) groups is 2. The minimum Gasteiger partial charge on any atom is -0.484 e. The monoisotopic (exact) mass is 458 g/mol. The van der Waals surface area contributed by atoms with Gasteiger partial charge in [0.1, 0.15) is 11.8 Å². The molecule has 178 valence electrons. The number of carbonyl (C=O) groups excluding carboxylic acids is 2. The Hall–Kier alpha value is -3.60. The number of amides is 2. The molecule has 0 saturated carbocycles. The number of benzene rings is 3. The lowest BCUT2D eigenvalue weighted by molar-refractivity contribution is -0.143. The van der Waals surface area contributed by atoms with Crippen molar-refractivity contribution < 1.29 is 14.3 Å². The molecule has 3 aromatic rings. The quantitative estimate of drug-likeness (QED) is 0.495. The van der Waals surface area contributed by atoms with Crippen LogP contribution in [0.15, 0.2) is 84.9 Å². The number of nitrogens with zero attached hydrogens (tertiary/aromatic N) is 1. The molecular formula is C29H34N2O3. The molecule has 5 nitrogen and oxygen atoms in total. The number of rotatable bonds is 9. The van der Waals surface area contributed by atoms with Crippen LogP contribution in [0, 0.1) is 6.92 Å². The Labute approximate surface area is 202 Å². The highest BCUT2D eigenvalue weighted by molar-refractivity contribution is 5.89. The van der Waals surface area contributed by atoms with Crippen LogP contribution in [0.1, 0.15) is 37.5 Å². The van der Waals surface area contributed by atoms with Gasteiger partial charge in [-0.3, -0.25) is 9.59 Å². The molecule has 0 fully saturated rings. The lowest BCUT2D eigenvalue weighted by atomic mass is 10.0. The largest absolute Gasteiger partial charge is 0.484 e. The van der Waals surface area contributed by atoms with Crippen molar-refractivity contribution in [3.05, 3.63) is 102 Å². The summed E-state index contributed by atoms with van der Waals surface area (Å²) >= 11 is 0. The minimum atomic E-state index is -0.684. The Kier molecular flexibility index (Phi) is 8.47. The SMILES string of the molecule is Cc1ccc(OCC(=O)N(Cc2ccccc2)[C@@H](Cc2ccccc2)C(=O)NC(C)(C)C)cc1. The standard InChI is InChI=1S/C29H34N2O3/c1-22-15-17-25(18-16-22)34-21-27(32)31(20-24-13-9-6-10-14-24)26(28(33)30-29(2,3)4)19-23-11-7-5-8-12-23/h5-18,26H,19-21H2,1-4H3,(H,30,33)/t26-/m0/s1. The van der Waals surface area contributed by atoms with Gasteiger partial charge < -0.3 is 15.0 Å². The molecule has 3 rings (SSSR count). The van der Waals surface area contributed by atoms with Gasteiger partial charge in [-0.05, 0) is 51.0 Å². The first-order valence-corrected chi connectivity index (χ1v) is 11.6. The van der Waals surface area contributed by atoms with E-state index >= 15 is 0 Å². The fourth-order valence-electron chi connectivity index (χ4n) is 3.65. The molecule has 5 heteroatoms. The van der Waals surface area contributed by atoms with Crippen molar-refractivity contribution in [1.82, 2.24) is 10.2 Å². The molecule has 3 aromatic carbocycles. The van der Waals surface area contributed by atoms with Gasteiger partial charge >= 0.3 is 0 Å². The van der Waals surface area contributed by atoms with Crippen molar-refractivity contribution in [3.8, 4) is 5.75 Å². The summed E-state index contributed by atoms with van der Waals surface area (Å²) in [5.41, 5.74) is 2.63. The Morgan fingerprint density at radius 2 is 1.41 bits per heavy atom. The highest BCUT2D eigenvalue weighted by Crippen LogP contribution is 2.17. The summed E-state index contributed by atoms with van der Waals surface area (Å²) in [4.78, 5) is 28.6. The zero-order valence-electron chi connectivity index (χ0n) is 20.5. The van der Waals surface area contributed by atoms with Gasteiger partial charge in [0, 0.05) is 18.5 Å². The van der Waals surface area contributed by atoms with Crippen LogP contribution in [0.3, 0.4) is 0 Å². The highest BCUT2D eigenvalue weighted by atomic mass is 16.5. The summed E-state index contributed by atoms with van der Waals surface area (Å²) in [6.45, 7) is 7.98. The van der Waals surface area contributed by atoms with Crippen LogP contribution in [-0.4, -0.2) is 34.9 Å². The molecule has 0 bridgehead atoms. The number of hydrogen-bond acceptors (Lipinski definition) is 3. The lowest BCUT2D eigenvalue weighted by Crippen LogP contribution is -2.55. The molecule has 0 aromatic heterocycles. The van der Waals surface area contributed by atoms with Crippen LogP contribution in [0.5, 0.6) is 5.75 Å². The van der Waals surface area contributed by atoms with Gasteiger partial charge in [0.05, 0.1) is 0 Å². The van der Waals surface area contributed by atoms with E-state index in [4.69, 9.17) is 4.74 Å². The van der Waals surface area contributed by atoms with Crippen LogP contribution < -0.4 is 10.1 Å². The lowest BCUT2D eigenvalue weighted by Gasteiger charge is -2.33. The number of nitrogens with one attached hydrogen (secondary N) is 1. The topological polar surface area (TPSA) is 58.6 Å². The maximum atomic E-state index is 13.5. The van der Waals surface area contributed by atoms with E-state index in [2.05, 4.69) is 5.32 Å². The van der Waals surface area contributed by atoms with Gasteiger partial charge in [-0.25, -0.2) is 0 Å². The summed E-state index contributed by atoms with van der Waals surface area (Å²) in [7, 11) is 0. The molecule has 1 atom stereocenters. The molecule has 2 amide bonds. The zero-order valence-corrected chi connectivity index (χ0v) is 20.5. The van der Waals surface area contributed by atoms with Gasteiger partial charge in [0.25, 0.3) is 5.91 Å². The van der Waals surface area contributed by atoms with Gasteiger partial charge in [-0.1, -0.05) is 78.4 Å². The molecule has 1 N–H and O–H groups in total. The van der Waals surface area contributed by atoms with Gasteiger partial charge in [0.2, 0.25) is 5.91 Å². The molecular weight excluding hydrogens is 424 g/mol. The van der Waals surface area contributed by atoms with Crippen LogP contribution in [-0.2, 0) is 22.6 Å². The van der Waals surface area contributed by atoms with Crippen LogP contribution >= 0.6 is 0 Å². The molecule has 0 spiro atoms. The maximum Gasteiger partial charge on any atom is 0.261 e. The fourth-order valence-corrected chi connectivity index (χ4v) is 3.65. The molecule has 0 aliphatic rings. The zero-order chi connectivity index (χ0) is 24.6. The average Bonchev–Trinajstić information content (AvgIpc) is 2.81. The summed E-state index contributed by atoms with van der Waals surface area (Å²) < 4.78 is 5.80. The van der Waals surface area contributed by atoms with Crippen molar-refractivity contribution in [1.29, 1.82) is 0 Å². The van der Waals surface area contributed by atoms with Crippen molar-refractivity contribution in [2.45, 2.75) is 52.2 Å². The summed E-state index contributed by atoms with van der Waals surface area (Å²) in [5.74, 6) is 0.197. The van der Waals surface area contributed by atoms with E-state index in [1.807, 2.05) is 113 Å². The van der Waals surface area contributed by atoms with Crippen LogP contribution in [0.4, 0.5) is 0 Å². The molecule has 0 aliphatic carbocycles. The Morgan fingerprint density at radius 1 is 0.853 bits per heavy atom. The van der Waals surface area contributed by atoms with E-state index in [0.717, 1.165) is 16.7 Å². The number of hydrogen-bond donors (Lipinski definition) is 1. The second kappa shape index (κ2) is 11.5. The summed E-state index contributed by atoms with van der Waals surface area (Å²) in [6.07, 6.45) is 0.409. The third kappa shape index (κ3) is 7.77. The molecule has 0 unspecified atom stereocenters. The Morgan fingerprint density at radius 3 is 1.97 bits per heavy atom. The summed E-state index contributed by atoms with van der Waals surface area (Å²) in [6, 6.07) is 26.4. The van der Waals surface area contributed by atoms with E-state index in [0.29, 0.717) is 18.7 Å². The number of ether oxygens (including phenoxy) is 1. The molecule has 0 heterocycles. The number of aryl methyl sites for hydroxylation is 1. The first-order valence-electron chi connectivity index (χ1n) is 11.6. The van der Waals surface area contributed by atoms with Gasteiger partial charge in [-0.2, -0.15) is 0 Å². The predicted molar refractivity (Wildman–Crippen MR) is 135 cm³/mol. The second-order valence-corrected chi connectivity index (χ2v) is 9.55. The Bertz CT molecular complexity index is 1060. The minimum absolute atomic E-state index is 0.149. The van der Waals surface area contributed by atoms with Crippen molar-refractivity contribution >= 4 is 11.8 Å². The third-order valence-electron chi connectivity index (χ3n) is 5.35. The smallest absolute Gasteiger partial charge is 0.261 e. The van der Waals surface area contributed by atoms with Gasteiger partial charge in [0.15, 0.2) is 6.61 Å². The van der Waals surface area contributed by atoms with E-state index in [-0.39, 0.29) is 18.4 Å². The van der Waals surface area contributed by atoms with Crippen molar-refractivity contribution in [2.75, 3.05) is 6.61 Å². The average molecular weight is 459 g/mol. The molecule has 0 radical (unpaired) electrons. The molecule has 0 aliphatic heterocycles. The first kappa shape index (κ1) is 25.0. The van der Waals surface area contributed by atoms with Crippen molar-refractivity contribution in [2.24, 2.45) is 0 Å². The van der Waals surface area contributed by atoms with E-state index in [9.17, 15) is 9.59 Å².